The lowest BCUT2D eigenvalue weighted by Gasteiger charge is -2.07. The number of benzene rings is 1. The van der Waals surface area contributed by atoms with Crippen LogP contribution in [0.4, 0.5) is 5.69 Å². The predicted molar refractivity (Wildman–Crippen MR) is 104 cm³/mol. The maximum absolute atomic E-state index is 12.7. The van der Waals surface area contributed by atoms with Gasteiger partial charge in [-0.25, -0.2) is 10.1 Å². The number of aryl methyl sites for hydroxylation is 1. The Balaban J connectivity index is 1.74. The number of nitrogens with zero attached hydrogens (tertiary/aromatic N) is 3. The molecule has 0 bridgehead atoms. The van der Waals surface area contributed by atoms with Crippen molar-refractivity contribution in [1.29, 1.82) is 0 Å². The lowest BCUT2D eigenvalue weighted by molar-refractivity contribution is -0.136. The minimum Gasteiger partial charge on any atom is -0.460 e. The molecule has 0 aliphatic carbocycles. The molecule has 0 radical (unpaired) electrons. The molecule has 2 N–H and O–H groups in total. The molecule has 0 aliphatic heterocycles. The monoisotopic (exact) mass is 381 g/mol. The highest BCUT2D eigenvalue weighted by molar-refractivity contribution is 6.39. The van der Waals surface area contributed by atoms with Crippen LogP contribution in [0.3, 0.4) is 0 Å². The molecule has 2 aromatic heterocycles. The normalized spacial score (nSPS) is 11.0. The van der Waals surface area contributed by atoms with E-state index in [9.17, 15) is 14.4 Å². The van der Waals surface area contributed by atoms with Crippen LogP contribution in [0, 0.1) is 13.8 Å². The molecule has 0 unspecified atom stereocenters. The van der Waals surface area contributed by atoms with Gasteiger partial charge in [-0.15, -0.1) is 0 Å². The van der Waals surface area contributed by atoms with Crippen molar-refractivity contribution in [2.75, 3.05) is 5.32 Å². The molecule has 1 aromatic carbocycles. The highest BCUT2D eigenvalue weighted by atomic mass is 16.3. The van der Waals surface area contributed by atoms with Crippen molar-refractivity contribution >= 4 is 23.7 Å². The fourth-order valence-electron chi connectivity index (χ4n) is 2.61. The van der Waals surface area contributed by atoms with Gasteiger partial charge in [0.25, 0.3) is 5.56 Å². The SMILES string of the molecule is Cc1ccc(/C=N/NC(=O)C(=O)Nc2c(C)n(C)n(-c3ccccc3)c2=O)o1. The minimum absolute atomic E-state index is 0.0251. The van der Waals surface area contributed by atoms with Gasteiger partial charge in [0.05, 0.1) is 17.6 Å². The van der Waals surface area contributed by atoms with Gasteiger partial charge in [-0.1, -0.05) is 18.2 Å². The van der Waals surface area contributed by atoms with Gasteiger partial charge in [-0.05, 0) is 38.1 Å². The van der Waals surface area contributed by atoms with Gasteiger partial charge < -0.3 is 9.73 Å². The number of anilines is 1. The van der Waals surface area contributed by atoms with Gasteiger partial charge in [0, 0.05) is 7.05 Å². The Morgan fingerprint density at radius 1 is 1.07 bits per heavy atom. The van der Waals surface area contributed by atoms with E-state index in [1.807, 2.05) is 6.07 Å². The van der Waals surface area contributed by atoms with Crippen molar-refractivity contribution in [2.24, 2.45) is 12.1 Å². The molecule has 2 heterocycles. The second-order valence-electron chi connectivity index (χ2n) is 6.04. The summed E-state index contributed by atoms with van der Waals surface area (Å²) in [5, 5.41) is 6.02. The van der Waals surface area contributed by atoms with Crippen molar-refractivity contribution in [3.8, 4) is 5.69 Å². The van der Waals surface area contributed by atoms with Gasteiger partial charge in [-0.3, -0.25) is 19.1 Å². The van der Waals surface area contributed by atoms with Crippen LogP contribution in [-0.2, 0) is 16.6 Å². The summed E-state index contributed by atoms with van der Waals surface area (Å²) in [4.78, 5) is 36.8. The molecule has 0 spiro atoms. The highest BCUT2D eigenvalue weighted by Crippen LogP contribution is 2.13. The lowest BCUT2D eigenvalue weighted by Crippen LogP contribution is -2.34. The average molecular weight is 381 g/mol. The Kier molecular flexibility index (Phi) is 5.25. The van der Waals surface area contributed by atoms with Gasteiger partial charge in [0.1, 0.15) is 17.2 Å². The van der Waals surface area contributed by atoms with Gasteiger partial charge in [0.2, 0.25) is 0 Å². The number of carbonyl (C=O) groups excluding carboxylic acids is 2. The number of hydrogen-bond acceptors (Lipinski definition) is 5. The zero-order valence-corrected chi connectivity index (χ0v) is 15.6. The van der Waals surface area contributed by atoms with E-state index in [-0.39, 0.29) is 5.69 Å². The average Bonchev–Trinajstić information content (AvgIpc) is 3.18. The van der Waals surface area contributed by atoms with Gasteiger partial charge in [-0.2, -0.15) is 5.10 Å². The molecule has 3 aromatic rings. The number of carbonyl (C=O) groups is 2. The second kappa shape index (κ2) is 7.78. The van der Waals surface area contributed by atoms with E-state index in [1.54, 1.807) is 62.0 Å². The van der Waals surface area contributed by atoms with E-state index in [4.69, 9.17) is 4.42 Å². The zero-order valence-electron chi connectivity index (χ0n) is 15.6. The molecular weight excluding hydrogens is 362 g/mol. The maximum atomic E-state index is 12.7. The predicted octanol–water partition coefficient (Wildman–Crippen LogP) is 1.47. The number of aromatic nitrogens is 2. The Morgan fingerprint density at radius 3 is 2.43 bits per heavy atom. The van der Waals surface area contributed by atoms with E-state index < -0.39 is 17.4 Å². The summed E-state index contributed by atoms with van der Waals surface area (Å²) in [5.74, 6) is -0.880. The highest BCUT2D eigenvalue weighted by Gasteiger charge is 2.21. The molecule has 0 fully saturated rings. The smallest absolute Gasteiger partial charge is 0.329 e. The van der Waals surface area contributed by atoms with Crippen LogP contribution in [0.15, 0.2) is 56.8 Å². The first-order chi connectivity index (χ1) is 13.4. The van der Waals surface area contributed by atoms with Gasteiger partial charge >= 0.3 is 11.8 Å². The van der Waals surface area contributed by atoms with Crippen molar-refractivity contribution in [3.63, 3.8) is 0 Å². The number of hydrogen-bond donors (Lipinski definition) is 2. The Morgan fingerprint density at radius 2 is 1.79 bits per heavy atom. The molecule has 0 aliphatic rings. The van der Waals surface area contributed by atoms with Gasteiger partial charge in [0.15, 0.2) is 0 Å². The first kappa shape index (κ1) is 18.9. The third-order valence-corrected chi connectivity index (χ3v) is 4.12. The molecule has 9 nitrogen and oxygen atoms in total. The van der Waals surface area contributed by atoms with E-state index in [0.29, 0.717) is 22.9 Å². The molecular formula is C19H19N5O4. The van der Waals surface area contributed by atoms with Crippen LogP contribution in [0.1, 0.15) is 17.2 Å². The first-order valence-corrected chi connectivity index (χ1v) is 8.43. The Bertz CT molecular complexity index is 1110. The molecule has 0 saturated heterocycles. The van der Waals surface area contributed by atoms with Crippen molar-refractivity contribution < 1.29 is 14.0 Å². The van der Waals surface area contributed by atoms with Crippen molar-refractivity contribution in [3.05, 3.63) is 70.0 Å². The Labute approximate surface area is 160 Å². The van der Waals surface area contributed by atoms with Crippen LogP contribution in [0.2, 0.25) is 0 Å². The fraction of sp³-hybridized carbons (Fsp3) is 0.158. The second-order valence-corrected chi connectivity index (χ2v) is 6.04. The third-order valence-electron chi connectivity index (χ3n) is 4.12. The molecule has 0 saturated carbocycles. The first-order valence-electron chi connectivity index (χ1n) is 8.43. The number of amides is 2. The maximum Gasteiger partial charge on any atom is 0.329 e. The summed E-state index contributed by atoms with van der Waals surface area (Å²) in [6, 6.07) is 12.4. The van der Waals surface area contributed by atoms with Crippen LogP contribution >= 0.6 is 0 Å². The van der Waals surface area contributed by atoms with E-state index in [1.165, 1.54) is 10.9 Å². The standard InChI is InChI=1S/C19H19N5O4/c1-12-9-10-15(28-12)11-20-22-18(26)17(25)21-16-13(2)23(3)24(19(16)27)14-7-5-4-6-8-14/h4-11H,1-3H3,(H,21,25)(H,22,26)/b20-11+. The summed E-state index contributed by atoms with van der Waals surface area (Å²) in [6.07, 6.45) is 1.27. The fourth-order valence-corrected chi connectivity index (χ4v) is 2.61. The summed E-state index contributed by atoms with van der Waals surface area (Å²) in [5.41, 5.74) is 2.82. The molecule has 28 heavy (non-hydrogen) atoms. The quantitative estimate of drug-likeness (QED) is 0.405. The molecule has 0 atom stereocenters. The summed E-state index contributed by atoms with van der Waals surface area (Å²) >= 11 is 0. The lowest BCUT2D eigenvalue weighted by atomic mass is 10.3. The van der Waals surface area contributed by atoms with Crippen LogP contribution in [0.5, 0.6) is 0 Å². The Hall–Kier alpha value is -3.88. The van der Waals surface area contributed by atoms with E-state index in [0.717, 1.165) is 0 Å². The number of para-hydroxylation sites is 1. The number of hydrazone groups is 1. The van der Waals surface area contributed by atoms with E-state index >= 15 is 0 Å². The van der Waals surface area contributed by atoms with Crippen molar-refractivity contribution in [2.45, 2.75) is 13.8 Å². The van der Waals surface area contributed by atoms with Crippen LogP contribution in [-0.4, -0.2) is 27.4 Å². The number of rotatable bonds is 4. The summed E-state index contributed by atoms with van der Waals surface area (Å²) in [6.45, 7) is 3.44. The van der Waals surface area contributed by atoms with Crippen molar-refractivity contribution in [1.82, 2.24) is 14.8 Å². The summed E-state index contributed by atoms with van der Waals surface area (Å²) in [7, 11) is 1.69. The zero-order chi connectivity index (χ0) is 20.3. The third kappa shape index (κ3) is 3.78. The topological polar surface area (TPSA) is 111 Å². The number of furan rings is 1. The van der Waals surface area contributed by atoms with E-state index in [2.05, 4.69) is 15.8 Å². The number of nitrogens with one attached hydrogen (secondary N) is 2. The molecule has 144 valence electrons. The molecule has 3 rings (SSSR count). The largest absolute Gasteiger partial charge is 0.460 e. The minimum atomic E-state index is -1.01. The molecule has 9 heteroatoms. The summed E-state index contributed by atoms with van der Waals surface area (Å²) < 4.78 is 8.27. The van der Waals surface area contributed by atoms with Crippen LogP contribution < -0.4 is 16.3 Å². The molecule has 2 amide bonds. The van der Waals surface area contributed by atoms with Crippen LogP contribution in [0.25, 0.3) is 5.69 Å².